The van der Waals surface area contributed by atoms with E-state index in [4.69, 9.17) is 10.9 Å². The van der Waals surface area contributed by atoms with Gasteiger partial charge in [0.15, 0.2) is 5.84 Å². The number of hydrogen-bond donors (Lipinski definition) is 3. The van der Waals surface area contributed by atoms with Crippen LogP contribution >= 0.6 is 0 Å². The molecule has 1 fully saturated rings. The first-order valence-corrected chi connectivity index (χ1v) is 7.27. The maximum absolute atomic E-state index is 12.1. The van der Waals surface area contributed by atoms with Crippen molar-refractivity contribution in [2.75, 3.05) is 6.54 Å². The first kappa shape index (κ1) is 15.8. The highest BCUT2D eigenvalue weighted by Gasteiger charge is 2.29. The van der Waals surface area contributed by atoms with Crippen LogP contribution in [0.25, 0.3) is 0 Å². The Kier molecular flexibility index (Phi) is 6.12. The van der Waals surface area contributed by atoms with Gasteiger partial charge in [-0.3, -0.25) is 4.79 Å². The molecule has 0 radical (unpaired) electrons. The van der Waals surface area contributed by atoms with E-state index in [0.717, 1.165) is 19.3 Å². The number of amides is 1. The van der Waals surface area contributed by atoms with E-state index in [1.807, 2.05) is 6.92 Å². The smallest absolute Gasteiger partial charge is 0.230 e. The fourth-order valence-electron chi connectivity index (χ4n) is 2.78. The van der Waals surface area contributed by atoms with Crippen molar-refractivity contribution in [2.45, 2.75) is 58.8 Å². The van der Waals surface area contributed by atoms with Crippen molar-refractivity contribution in [2.24, 2.45) is 22.2 Å². The minimum absolute atomic E-state index is 0.00754. The third kappa shape index (κ3) is 4.73. The summed E-state index contributed by atoms with van der Waals surface area (Å²) in [6, 6.07) is 0. The lowest BCUT2D eigenvalue weighted by Crippen LogP contribution is -2.43. The molecule has 110 valence electrons. The van der Waals surface area contributed by atoms with Gasteiger partial charge in [-0.1, -0.05) is 44.7 Å². The molecule has 5 nitrogen and oxygen atoms in total. The maximum Gasteiger partial charge on any atom is 0.230 e. The van der Waals surface area contributed by atoms with Crippen LogP contribution in [0.4, 0.5) is 0 Å². The lowest BCUT2D eigenvalue weighted by Gasteiger charge is -2.34. The summed E-state index contributed by atoms with van der Waals surface area (Å²) >= 11 is 0. The molecular formula is C14H27N3O2. The van der Waals surface area contributed by atoms with Gasteiger partial charge in [0.2, 0.25) is 5.91 Å². The minimum Gasteiger partial charge on any atom is -0.409 e. The van der Waals surface area contributed by atoms with Gasteiger partial charge in [-0.25, -0.2) is 0 Å². The Hall–Kier alpha value is -1.26. The second kappa shape index (κ2) is 7.36. The van der Waals surface area contributed by atoms with Crippen molar-refractivity contribution < 1.29 is 10.0 Å². The summed E-state index contributed by atoms with van der Waals surface area (Å²) in [7, 11) is 0. The summed E-state index contributed by atoms with van der Waals surface area (Å²) in [5.74, 6) is -0.626. The van der Waals surface area contributed by atoms with Crippen LogP contribution in [0.1, 0.15) is 58.8 Å². The average molecular weight is 269 g/mol. The van der Waals surface area contributed by atoms with E-state index in [1.54, 1.807) is 0 Å². The third-order valence-electron chi connectivity index (χ3n) is 4.12. The molecule has 0 spiro atoms. The molecule has 1 rings (SSSR count). The third-order valence-corrected chi connectivity index (χ3v) is 4.12. The summed E-state index contributed by atoms with van der Waals surface area (Å²) in [5.41, 5.74) is 5.79. The molecule has 1 unspecified atom stereocenters. The molecule has 4 N–H and O–H groups in total. The van der Waals surface area contributed by atoms with Crippen molar-refractivity contribution in [1.82, 2.24) is 5.32 Å². The molecule has 0 aromatic heterocycles. The van der Waals surface area contributed by atoms with Gasteiger partial charge in [-0.05, 0) is 24.7 Å². The molecule has 0 saturated heterocycles. The Morgan fingerprint density at radius 3 is 2.58 bits per heavy atom. The van der Waals surface area contributed by atoms with Gasteiger partial charge in [0.05, 0.1) is 5.92 Å². The van der Waals surface area contributed by atoms with E-state index in [0.29, 0.717) is 13.0 Å². The van der Waals surface area contributed by atoms with Crippen molar-refractivity contribution in [3.8, 4) is 0 Å². The first-order valence-electron chi connectivity index (χ1n) is 7.27. The Morgan fingerprint density at radius 1 is 1.42 bits per heavy atom. The van der Waals surface area contributed by atoms with Gasteiger partial charge >= 0.3 is 0 Å². The number of oxime groups is 1. The Bertz CT molecular complexity index is 323. The van der Waals surface area contributed by atoms with Crippen molar-refractivity contribution in [1.29, 1.82) is 0 Å². The Balaban J connectivity index is 2.52. The van der Waals surface area contributed by atoms with Crippen LogP contribution in [0.3, 0.4) is 0 Å². The quantitative estimate of drug-likeness (QED) is 0.299. The van der Waals surface area contributed by atoms with Gasteiger partial charge in [0.25, 0.3) is 0 Å². The number of rotatable bonds is 6. The molecule has 0 aromatic carbocycles. The lowest BCUT2D eigenvalue weighted by atomic mass is 9.75. The van der Waals surface area contributed by atoms with Crippen molar-refractivity contribution in [3.63, 3.8) is 0 Å². The monoisotopic (exact) mass is 269 g/mol. The molecule has 0 heterocycles. The van der Waals surface area contributed by atoms with E-state index < -0.39 is 5.92 Å². The molecule has 1 saturated carbocycles. The highest BCUT2D eigenvalue weighted by Crippen LogP contribution is 2.34. The number of nitrogens with two attached hydrogens (primary N) is 1. The van der Waals surface area contributed by atoms with Gasteiger partial charge in [-0.15, -0.1) is 0 Å². The van der Waals surface area contributed by atoms with E-state index >= 15 is 0 Å². The van der Waals surface area contributed by atoms with E-state index in [9.17, 15) is 4.79 Å². The fraction of sp³-hybridized carbons (Fsp3) is 0.857. The normalized spacial score (nSPS) is 20.8. The molecule has 19 heavy (non-hydrogen) atoms. The highest BCUT2D eigenvalue weighted by molar-refractivity contribution is 6.02. The first-order chi connectivity index (χ1) is 9.02. The topological polar surface area (TPSA) is 87.7 Å². The SMILES string of the molecule is CCCC(C(=O)NCC1(C)CCCCC1)C(N)=NO. The van der Waals surface area contributed by atoms with Crippen LogP contribution in [0.5, 0.6) is 0 Å². The summed E-state index contributed by atoms with van der Waals surface area (Å²) in [6.07, 6.45) is 7.54. The number of carbonyl (C=O) groups excluding carboxylic acids is 1. The van der Waals surface area contributed by atoms with E-state index in [2.05, 4.69) is 17.4 Å². The fourth-order valence-corrected chi connectivity index (χ4v) is 2.78. The van der Waals surface area contributed by atoms with E-state index in [-0.39, 0.29) is 17.2 Å². The lowest BCUT2D eigenvalue weighted by molar-refractivity contribution is -0.123. The van der Waals surface area contributed by atoms with Gasteiger partial charge < -0.3 is 16.3 Å². The van der Waals surface area contributed by atoms with Crippen molar-refractivity contribution >= 4 is 11.7 Å². The van der Waals surface area contributed by atoms with Crippen LogP contribution < -0.4 is 11.1 Å². The molecule has 0 aromatic rings. The number of carbonyl (C=O) groups is 1. The van der Waals surface area contributed by atoms with Crippen LogP contribution in [0.15, 0.2) is 5.16 Å². The average Bonchev–Trinajstić information content (AvgIpc) is 2.42. The number of amidine groups is 1. The molecule has 1 aliphatic rings. The Labute approximate surface area is 115 Å². The molecule has 1 atom stereocenters. The number of hydrogen-bond acceptors (Lipinski definition) is 3. The predicted octanol–water partition coefficient (Wildman–Crippen LogP) is 2.24. The maximum atomic E-state index is 12.1. The van der Waals surface area contributed by atoms with Gasteiger partial charge in [0.1, 0.15) is 0 Å². The van der Waals surface area contributed by atoms with Crippen LogP contribution in [0, 0.1) is 11.3 Å². The van der Waals surface area contributed by atoms with Crippen LogP contribution in [-0.4, -0.2) is 23.5 Å². The summed E-state index contributed by atoms with van der Waals surface area (Å²) < 4.78 is 0. The minimum atomic E-state index is -0.512. The number of nitrogens with one attached hydrogen (secondary N) is 1. The largest absolute Gasteiger partial charge is 0.409 e. The molecular weight excluding hydrogens is 242 g/mol. The summed E-state index contributed by atoms with van der Waals surface area (Å²) in [6.45, 7) is 4.89. The number of nitrogens with zero attached hydrogens (tertiary/aromatic N) is 1. The van der Waals surface area contributed by atoms with Crippen molar-refractivity contribution in [3.05, 3.63) is 0 Å². The van der Waals surface area contributed by atoms with Crippen LogP contribution in [-0.2, 0) is 4.79 Å². The zero-order chi connectivity index (χ0) is 14.3. The second-order valence-corrected chi connectivity index (χ2v) is 5.96. The highest BCUT2D eigenvalue weighted by atomic mass is 16.4. The zero-order valence-corrected chi connectivity index (χ0v) is 12.1. The standard InChI is InChI=1S/C14H27N3O2/c1-3-7-11(12(15)17-19)13(18)16-10-14(2)8-5-4-6-9-14/h11,19H,3-10H2,1-2H3,(H2,15,17)(H,16,18). The van der Waals surface area contributed by atoms with Crippen LogP contribution in [0.2, 0.25) is 0 Å². The summed E-state index contributed by atoms with van der Waals surface area (Å²) in [5, 5.41) is 14.7. The van der Waals surface area contributed by atoms with Gasteiger partial charge in [-0.2, -0.15) is 0 Å². The van der Waals surface area contributed by atoms with E-state index in [1.165, 1.54) is 19.3 Å². The summed E-state index contributed by atoms with van der Waals surface area (Å²) in [4.78, 5) is 12.1. The molecule has 0 bridgehead atoms. The Morgan fingerprint density at radius 2 is 2.05 bits per heavy atom. The molecule has 1 amide bonds. The molecule has 0 aliphatic heterocycles. The zero-order valence-electron chi connectivity index (χ0n) is 12.1. The second-order valence-electron chi connectivity index (χ2n) is 5.96. The predicted molar refractivity (Wildman–Crippen MR) is 76.0 cm³/mol. The molecule has 1 aliphatic carbocycles. The van der Waals surface area contributed by atoms with Gasteiger partial charge in [0, 0.05) is 6.54 Å². The molecule has 5 heteroatoms.